The third-order valence-electron chi connectivity index (χ3n) is 4.48. The van der Waals surface area contributed by atoms with Crippen molar-refractivity contribution >= 4 is 10.1 Å². The molecule has 0 radical (unpaired) electrons. The molecule has 0 unspecified atom stereocenters. The summed E-state index contributed by atoms with van der Waals surface area (Å²) < 4.78 is 29.5. The van der Waals surface area contributed by atoms with Crippen LogP contribution in [0.4, 0.5) is 0 Å². The van der Waals surface area contributed by atoms with Crippen molar-refractivity contribution < 1.29 is 12.6 Å². The molecule has 4 heteroatoms. The first-order valence-corrected chi connectivity index (χ1v) is 11.5. The lowest BCUT2D eigenvalue weighted by atomic mass is 10.1. The van der Waals surface area contributed by atoms with Gasteiger partial charge < -0.3 is 0 Å². The van der Waals surface area contributed by atoms with E-state index in [1.165, 1.54) is 16.7 Å². The summed E-state index contributed by atoms with van der Waals surface area (Å²) in [6.07, 6.45) is 12.7. The van der Waals surface area contributed by atoms with Gasteiger partial charge in [-0.2, -0.15) is 8.42 Å². The highest BCUT2D eigenvalue weighted by atomic mass is 32.2. The van der Waals surface area contributed by atoms with Crippen molar-refractivity contribution in [2.24, 2.45) is 0 Å². The van der Waals surface area contributed by atoms with Crippen molar-refractivity contribution in [1.29, 1.82) is 0 Å². The third-order valence-corrected chi connectivity index (χ3v) is 5.79. The molecule has 0 amide bonds. The van der Waals surface area contributed by atoms with Gasteiger partial charge in [-0.05, 0) is 90.8 Å². The second-order valence-electron chi connectivity index (χ2n) is 7.69. The second kappa shape index (κ2) is 12.7. The largest absolute Gasteiger partial charge is 0.296 e. The molecule has 1 aromatic carbocycles. The molecule has 0 fully saturated rings. The molecule has 1 aromatic rings. The van der Waals surface area contributed by atoms with Gasteiger partial charge >= 0.3 is 0 Å². The van der Waals surface area contributed by atoms with Crippen molar-refractivity contribution in [3.05, 3.63) is 64.8 Å². The van der Waals surface area contributed by atoms with Crippen LogP contribution >= 0.6 is 0 Å². The Morgan fingerprint density at radius 1 is 0.929 bits per heavy atom. The molecule has 0 heterocycles. The predicted octanol–water partition coefficient (Wildman–Crippen LogP) is 6.90. The van der Waals surface area contributed by atoms with E-state index in [-0.39, 0.29) is 11.5 Å². The Morgan fingerprint density at radius 3 is 2.14 bits per heavy atom. The Hall–Kier alpha value is -1.65. The van der Waals surface area contributed by atoms with Gasteiger partial charge in [0.05, 0.1) is 11.5 Å². The average Bonchev–Trinajstić information content (AvgIpc) is 2.61. The van der Waals surface area contributed by atoms with Gasteiger partial charge in [-0.1, -0.05) is 47.1 Å². The topological polar surface area (TPSA) is 43.4 Å². The molecule has 28 heavy (non-hydrogen) atoms. The van der Waals surface area contributed by atoms with Gasteiger partial charge in [0.2, 0.25) is 0 Å². The summed E-state index contributed by atoms with van der Waals surface area (Å²) in [5.41, 5.74) is 5.07. The first-order valence-electron chi connectivity index (χ1n) is 10.1. The maximum absolute atomic E-state index is 12.2. The molecule has 0 saturated carbocycles. The highest BCUT2D eigenvalue weighted by Crippen LogP contribution is 2.15. The van der Waals surface area contributed by atoms with Crippen LogP contribution in [0.15, 0.2) is 64.1 Å². The van der Waals surface area contributed by atoms with Gasteiger partial charge in [0.25, 0.3) is 10.1 Å². The minimum absolute atomic E-state index is 0.212. The van der Waals surface area contributed by atoms with Gasteiger partial charge in [-0.3, -0.25) is 4.18 Å². The van der Waals surface area contributed by atoms with Crippen LogP contribution in [0.25, 0.3) is 0 Å². The van der Waals surface area contributed by atoms with Crippen molar-refractivity contribution in [1.82, 2.24) is 0 Å². The number of unbranched alkanes of at least 4 members (excludes halogenated alkanes) is 1. The van der Waals surface area contributed by atoms with Crippen molar-refractivity contribution in [2.75, 3.05) is 6.61 Å². The lowest BCUT2D eigenvalue weighted by Crippen LogP contribution is -2.07. The molecule has 1 rings (SSSR count). The van der Waals surface area contributed by atoms with Crippen molar-refractivity contribution in [3.8, 4) is 0 Å². The van der Waals surface area contributed by atoms with Crippen LogP contribution in [-0.2, 0) is 14.3 Å². The first-order chi connectivity index (χ1) is 13.2. The average molecular weight is 405 g/mol. The normalized spacial score (nSPS) is 12.9. The number of allylic oxidation sites excluding steroid dienone is 6. The van der Waals surface area contributed by atoms with Gasteiger partial charge in [-0.25, -0.2) is 0 Å². The molecule has 156 valence electrons. The van der Waals surface area contributed by atoms with Crippen LogP contribution in [0.1, 0.15) is 71.8 Å². The SMILES string of the molecule is CC(C)=CCCC(C)=CCCC(C)=CCCCOS(=O)(=O)c1cccc(C)c1. The van der Waals surface area contributed by atoms with E-state index in [1.807, 2.05) is 13.0 Å². The Balaban J connectivity index is 2.28. The van der Waals surface area contributed by atoms with Gasteiger partial charge in [0, 0.05) is 0 Å². The number of hydrogen-bond donors (Lipinski definition) is 0. The zero-order chi connectivity index (χ0) is 21.0. The van der Waals surface area contributed by atoms with E-state index < -0.39 is 10.1 Å². The van der Waals surface area contributed by atoms with Crippen LogP contribution < -0.4 is 0 Å². The highest BCUT2D eigenvalue weighted by Gasteiger charge is 2.14. The predicted molar refractivity (Wildman–Crippen MR) is 119 cm³/mol. The van der Waals surface area contributed by atoms with E-state index in [4.69, 9.17) is 4.18 Å². The van der Waals surface area contributed by atoms with Crippen molar-refractivity contribution in [2.45, 2.75) is 78.0 Å². The monoisotopic (exact) mass is 404 g/mol. The third kappa shape index (κ3) is 10.6. The number of benzene rings is 1. The minimum Gasteiger partial charge on any atom is -0.266 e. The smallest absolute Gasteiger partial charge is 0.266 e. The Kier molecular flexibility index (Phi) is 11.1. The number of rotatable bonds is 12. The van der Waals surface area contributed by atoms with Crippen LogP contribution in [0.2, 0.25) is 0 Å². The summed E-state index contributed by atoms with van der Waals surface area (Å²) in [6, 6.07) is 6.80. The Labute approximate surface area is 172 Å². The highest BCUT2D eigenvalue weighted by molar-refractivity contribution is 7.86. The zero-order valence-corrected chi connectivity index (χ0v) is 18.9. The molecule has 0 atom stereocenters. The van der Waals surface area contributed by atoms with Crippen LogP contribution in [0, 0.1) is 6.92 Å². The quantitative estimate of drug-likeness (QED) is 0.216. The summed E-state index contributed by atoms with van der Waals surface area (Å²) in [5, 5.41) is 0. The number of hydrogen-bond acceptors (Lipinski definition) is 3. The Morgan fingerprint density at radius 2 is 1.54 bits per heavy atom. The minimum atomic E-state index is -3.65. The maximum atomic E-state index is 12.2. The molecule has 0 bridgehead atoms. The molecular formula is C24H36O3S. The van der Waals surface area contributed by atoms with Crippen molar-refractivity contribution in [3.63, 3.8) is 0 Å². The fraction of sp³-hybridized carbons (Fsp3) is 0.500. The lowest BCUT2D eigenvalue weighted by Gasteiger charge is -2.06. The zero-order valence-electron chi connectivity index (χ0n) is 18.1. The fourth-order valence-corrected chi connectivity index (χ4v) is 3.83. The molecule has 0 saturated heterocycles. The summed E-state index contributed by atoms with van der Waals surface area (Å²) in [7, 11) is -3.65. The molecular weight excluding hydrogens is 368 g/mol. The van der Waals surface area contributed by atoms with Crippen LogP contribution in [0.5, 0.6) is 0 Å². The summed E-state index contributed by atoms with van der Waals surface area (Å²) in [5.74, 6) is 0. The van der Waals surface area contributed by atoms with Gasteiger partial charge in [-0.15, -0.1) is 0 Å². The molecule has 0 aliphatic carbocycles. The standard InChI is InChI=1S/C24H36O3S/c1-20(2)11-8-13-22(4)15-9-14-21(3)12-6-7-18-27-28(25,26)24-17-10-16-23(5)19-24/h10-12,15-17,19H,6-9,13-14,18H2,1-5H3. The molecule has 0 N–H and O–H groups in total. The van der Waals surface area contributed by atoms with Gasteiger partial charge in [0.1, 0.15) is 0 Å². The lowest BCUT2D eigenvalue weighted by molar-refractivity contribution is 0.313. The van der Waals surface area contributed by atoms with Crippen LogP contribution in [0.3, 0.4) is 0 Å². The first kappa shape index (κ1) is 24.4. The molecule has 3 nitrogen and oxygen atoms in total. The van der Waals surface area contributed by atoms with Gasteiger partial charge in [0.15, 0.2) is 0 Å². The molecule has 0 aromatic heterocycles. The fourth-order valence-electron chi connectivity index (χ4n) is 2.78. The van der Waals surface area contributed by atoms with E-state index >= 15 is 0 Å². The molecule has 0 spiro atoms. The van der Waals surface area contributed by atoms with E-state index in [9.17, 15) is 8.42 Å². The molecule has 0 aliphatic heterocycles. The van der Waals surface area contributed by atoms with E-state index in [1.54, 1.807) is 18.2 Å². The molecule has 0 aliphatic rings. The second-order valence-corrected chi connectivity index (χ2v) is 9.31. The van der Waals surface area contributed by atoms with E-state index in [0.717, 1.165) is 37.7 Å². The van der Waals surface area contributed by atoms with E-state index in [2.05, 4.69) is 45.9 Å². The van der Waals surface area contributed by atoms with E-state index in [0.29, 0.717) is 6.42 Å². The number of aryl methyl sites for hydroxylation is 1. The summed E-state index contributed by atoms with van der Waals surface area (Å²) in [6.45, 7) is 10.7. The summed E-state index contributed by atoms with van der Waals surface area (Å²) in [4.78, 5) is 0.228. The Bertz CT molecular complexity index is 795. The summed E-state index contributed by atoms with van der Waals surface area (Å²) >= 11 is 0. The van der Waals surface area contributed by atoms with Crippen LogP contribution in [-0.4, -0.2) is 15.0 Å². The maximum Gasteiger partial charge on any atom is 0.296 e.